The van der Waals surface area contributed by atoms with Crippen LogP contribution in [0, 0.1) is 0 Å². The fourth-order valence-corrected chi connectivity index (χ4v) is 5.70. The summed E-state index contributed by atoms with van der Waals surface area (Å²) in [6.07, 6.45) is 3.09. The number of ether oxygens (including phenoxy) is 4. The van der Waals surface area contributed by atoms with Crippen molar-refractivity contribution in [3.8, 4) is 11.5 Å². The molecule has 0 bridgehead atoms. The largest absolute Gasteiger partial charge is 0.488 e. The van der Waals surface area contributed by atoms with Gasteiger partial charge in [-0.1, -0.05) is 54.6 Å². The number of hydrogen-bond donors (Lipinski definition) is 0. The van der Waals surface area contributed by atoms with Gasteiger partial charge in [0.05, 0.1) is 16.7 Å². The quantitative estimate of drug-likeness (QED) is 0.189. The van der Waals surface area contributed by atoms with Crippen LogP contribution in [0.3, 0.4) is 0 Å². The normalized spacial score (nSPS) is 17.9. The fraction of sp³-hybridized carbons (Fsp3) is 0.0811. The lowest BCUT2D eigenvalue weighted by molar-refractivity contribution is -0.114. The highest BCUT2D eigenvalue weighted by atomic mass is 16.6. The summed E-state index contributed by atoms with van der Waals surface area (Å²) in [5, 5.41) is 0. The van der Waals surface area contributed by atoms with Crippen molar-refractivity contribution in [1.29, 1.82) is 0 Å². The van der Waals surface area contributed by atoms with Crippen LogP contribution in [-0.4, -0.2) is 35.9 Å². The van der Waals surface area contributed by atoms with Crippen LogP contribution in [0.15, 0.2) is 138 Å². The molecule has 8 nitrogen and oxygen atoms in total. The third-order valence-electron chi connectivity index (χ3n) is 7.78. The van der Waals surface area contributed by atoms with E-state index in [1.54, 1.807) is 109 Å². The number of carbonyl (C=O) groups is 4. The first kappa shape index (κ1) is 27.8. The minimum Gasteiger partial charge on any atom is -0.488 e. The molecule has 0 aromatic heterocycles. The first-order valence-corrected chi connectivity index (χ1v) is 14.2. The number of carbonyl (C=O) groups excluding carboxylic acids is 4. The second-order valence-electron chi connectivity index (χ2n) is 10.7. The van der Waals surface area contributed by atoms with E-state index in [2.05, 4.69) is 0 Å². The average Bonchev–Trinajstić information content (AvgIpc) is 3.38. The zero-order valence-electron chi connectivity index (χ0n) is 23.7. The summed E-state index contributed by atoms with van der Waals surface area (Å²) < 4.78 is 23.5. The van der Waals surface area contributed by atoms with Crippen molar-refractivity contribution in [3.05, 3.63) is 161 Å². The van der Waals surface area contributed by atoms with E-state index in [0.717, 1.165) is 0 Å². The van der Waals surface area contributed by atoms with Crippen LogP contribution >= 0.6 is 0 Å². The van der Waals surface area contributed by atoms with E-state index in [1.165, 1.54) is 12.2 Å². The first-order chi connectivity index (χ1) is 21.9. The van der Waals surface area contributed by atoms with Crippen molar-refractivity contribution in [2.45, 2.75) is 12.0 Å². The van der Waals surface area contributed by atoms with Crippen LogP contribution in [0.2, 0.25) is 0 Å². The van der Waals surface area contributed by atoms with Gasteiger partial charge in [-0.15, -0.1) is 0 Å². The summed E-state index contributed by atoms with van der Waals surface area (Å²) in [4.78, 5) is 52.1. The summed E-state index contributed by atoms with van der Waals surface area (Å²) >= 11 is 0. The van der Waals surface area contributed by atoms with E-state index >= 15 is 0 Å². The molecule has 1 heterocycles. The molecule has 3 aliphatic rings. The second kappa shape index (κ2) is 11.2. The van der Waals surface area contributed by atoms with Crippen molar-refractivity contribution < 1.29 is 38.1 Å². The van der Waals surface area contributed by atoms with Crippen molar-refractivity contribution >= 4 is 29.3 Å². The van der Waals surface area contributed by atoms with Crippen LogP contribution in [0.4, 0.5) is 0 Å². The average molecular weight is 597 g/mol. The highest BCUT2D eigenvalue weighted by molar-refractivity contribution is 6.10. The molecule has 45 heavy (non-hydrogen) atoms. The lowest BCUT2D eigenvalue weighted by atomic mass is 9.86. The number of allylic oxidation sites excluding steroid dienone is 3. The molecule has 4 aromatic rings. The van der Waals surface area contributed by atoms with Gasteiger partial charge in [-0.3, -0.25) is 4.79 Å². The van der Waals surface area contributed by atoms with Crippen molar-refractivity contribution in [2.24, 2.45) is 0 Å². The molecule has 0 amide bonds. The zero-order valence-corrected chi connectivity index (χ0v) is 23.7. The van der Waals surface area contributed by atoms with E-state index in [1.807, 2.05) is 0 Å². The van der Waals surface area contributed by atoms with Gasteiger partial charge in [-0.2, -0.15) is 0 Å². The number of fused-ring (bicyclic) bond motifs is 4. The molecule has 220 valence electrons. The van der Waals surface area contributed by atoms with E-state index in [0.29, 0.717) is 44.7 Å². The number of rotatable bonds is 6. The first-order valence-electron chi connectivity index (χ1n) is 14.2. The molecule has 8 heteroatoms. The number of hydrogen-bond acceptors (Lipinski definition) is 8. The third-order valence-corrected chi connectivity index (χ3v) is 7.78. The molecule has 0 fully saturated rings. The van der Waals surface area contributed by atoms with Crippen LogP contribution in [0.5, 0.6) is 11.5 Å². The monoisotopic (exact) mass is 596 g/mol. The maximum absolute atomic E-state index is 13.4. The van der Waals surface area contributed by atoms with Gasteiger partial charge in [0.15, 0.2) is 11.4 Å². The van der Waals surface area contributed by atoms with E-state index in [4.69, 9.17) is 18.9 Å². The molecule has 4 aromatic carbocycles. The van der Waals surface area contributed by atoms with Gasteiger partial charge in [0.25, 0.3) is 0 Å². The van der Waals surface area contributed by atoms with Gasteiger partial charge < -0.3 is 18.9 Å². The third kappa shape index (κ3) is 5.23. The highest BCUT2D eigenvalue weighted by Crippen LogP contribution is 2.54. The molecule has 1 atom stereocenters. The Morgan fingerprint density at radius 1 is 0.667 bits per heavy atom. The maximum Gasteiger partial charge on any atom is 0.343 e. The standard InChI is InChI=1S/C37H24O8/c38-30-18-26-21-37(45-36(41)25-14-8-3-9-15-25)22-42-31-19-27(43-34(39)23-10-4-1-5-11-23)16-17-28(31)33(37)29(26)20-32(30)44-35(40)24-12-6-2-7-13-24/h1-20H,21-22H2. The SMILES string of the molecule is O=C1C=C2CC3(OC(=O)c4ccccc4)COc4cc(OC(=O)c5ccccc5)ccc4C3=C2C=C1OC(=O)c1ccccc1. The van der Waals surface area contributed by atoms with Gasteiger partial charge in [0.1, 0.15) is 18.1 Å². The van der Waals surface area contributed by atoms with Gasteiger partial charge in [0.2, 0.25) is 5.78 Å². The van der Waals surface area contributed by atoms with Gasteiger partial charge >= 0.3 is 17.9 Å². The molecular weight excluding hydrogens is 572 g/mol. The van der Waals surface area contributed by atoms with Crippen molar-refractivity contribution in [1.82, 2.24) is 0 Å². The Balaban J connectivity index is 1.29. The smallest absolute Gasteiger partial charge is 0.343 e. The molecule has 0 N–H and O–H groups in total. The summed E-state index contributed by atoms with van der Waals surface area (Å²) in [6.45, 7) is -0.0635. The van der Waals surface area contributed by atoms with Crippen LogP contribution in [-0.2, 0) is 14.3 Å². The number of ketones is 1. The number of esters is 3. The minimum absolute atomic E-state index is 0.0635. The molecule has 0 saturated heterocycles. The minimum atomic E-state index is -1.28. The van der Waals surface area contributed by atoms with Crippen LogP contribution < -0.4 is 9.47 Å². The van der Waals surface area contributed by atoms with Crippen LogP contribution in [0.1, 0.15) is 43.1 Å². The Hall–Kier alpha value is -6.02. The molecule has 1 aliphatic heterocycles. The Morgan fingerprint density at radius 3 is 1.87 bits per heavy atom. The van der Waals surface area contributed by atoms with Gasteiger partial charge in [-0.05, 0) is 71.8 Å². The topological polar surface area (TPSA) is 105 Å². The van der Waals surface area contributed by atoms with Crippen molar-refractivity contribution in [2.75, 3.05) is 6.61 Å². The fourth-order valence-electron chi connectivity index (χ4n) is 5.70. The summed E-state index contributed by atoms with van der Waals surface area (Å²) in [5.74, 6) is -1.72. The second-order valence-corrected chi connectivity index (χ2v) is 10.7. The molecule has 2 aliphatic carbocycles. The van der Waals surface area contributed by atoms with Crippen molar-refractivity contribution in [3.63, 3.8) is 0 Å². The summed E-state index contributed by atoms with van der Waals surface area (Å²) in [5.41, 5.74) is 2.16. The van der Waals surface area contributed by atoms with E-state index in [-0.39, 0.29) is 24.5 Å². The lowest BCUT2D eigenvalue weighted by Crippen LogP contribution is -2.43. The van der Waals surface area contributed by atoms with Gasteiger partial charge in [0, 0.05) is 23.6 Å². The zero-order chi connectivity index (χ0) is 31.0. The number of benzene rings is 4. The summed E-state index contributed by atoms with van der Waals surface area (Å²) in [7, 11) is 0. The predicted octanol–water partition coefficient (Wildman–Crippen LogP) is 6.30. The Kier molecular flexibility index (Phi) is 6.94. The van der Waals surface area contributed by atoms with Gasteiger partial charge in [-0.25, -0.2) is 14.4 Å². The molecule has 0 saturated carbocycles. The molecule has 0 spiro atoms. The molecular formula is C37H24O8. The van der Waals surface area contributed by atoms with Crippen LogP contribution in [0.25, 0.3) is 5.57 Å². The molecule has 1 unspecified atom stereocenters. The Labute approximate surface area is 257 Å². The predicted molar refractivity (Wildman–Crippen MR) is 162 cm³/mol. The maximum atomic E-state index is 13.4. The Morgan fingerprint density at radius 2 is 1.24 bits per heavy atom. The molecule has 7 rings (SSSR count). The van der Waals surface area contributed by atoms with E-state index < -0.39 is 29.3 Å². The molecule has 0 radical (unpaired) electrons. The Bertz CT molecular complexity index is 1960. The highest BCUT2D eigenvalue weighted by Gasteiger charge is 2.52. The summed E-state index contributed by atoms with van der Waals surface area (Å²) in [6, 6.07) is 30.5. The lowest BCUT2D eigenvalue weighted by Gasteiger charge is -2.37. The van der Waals surface area contributed by atoms with E-state index in [9.17, 15) is 19.2 Å².